The van der Waals surface area contributed by atoms with Crippen LogP contribution >= 0.6 is 0 Å². The predicted octanol–water partition coefficient (Wildman–Crippen LogP) is 13.0. The van der Waals surface area contributed by atoms with E-state index in [1.165, 1.54) is 167 Å². The van der Waals surface area contributed by atoms with Gasteiger partial charge in [-0.05, 0) is 70.6 Å². The van der Waals surface area contributed by atoms with Crippen LogP contribution in [0.25, 0.3) is 0 Å². The zero-order chi connectivity index (χ0) is 47.3. The van der Waals surface area contributed by atoms with Crippen LogP contribution in [0.5, 0.6) is 0 Å². The van der Waals surface area contributed by atoms with Crippen molar-refractivity contribution in [3.8, 4) is 0 Å². The topological polar surface area (TPSA) is 149 Å². The smallest absolute Gasteiger partial charge is 0.220 e. The molecule has 0 aliphatic carbocycles. The Balaban J connectivity index is 2.30. The molecule has 0 aromatic heterocycles. The minimum Gasteiger partial charge on any atom is -0.394 e. The highest BCUT2D eigenvalue weighted by Gasteiger charge is 2.44. The van der Waals surface area contributed by atoms with Gasteiger partial charge in [0.15, 0.2) is 6.29 Å². The molecule has 380 valence electrons. The quantitative estimate of drug-likeness (QED) is 0.0261. The number of carbonyl (C=O) groups is 1. The van der Waals surface area contributed by atoms with E-state index in [0.717, 1.165) is 57.8 Å². The molecule has 65 heavy (non-hydrogen) atoms. The number of hydrogen-bond acceptors (Lipinski definition) is 8. The van der Waals surface area contributed by atoms with Gasteiger partial charge in [0.05, 0.1) is 25.4 Å². The van der Waals surface area contributed by atoms with Crippen LogP contribution in [0.2, 0.25) is 0 Å². The van der Waals surface area contributed by atoms with Crippen LogP contribution in [-0.2, 0) is 14.3 Å². The summed E-state index contributed by atoms with van der Waals surface area (Å²) in [5.41, 5.74) is 0. The minimum atomic E-state index is -1.58. The van der Waals surface area contributed by atoms with Crippen LogP contribution in [0.1, 0.15) is 245 Å². The molecule has 7 unspecified atom stereocenters. The molecule has 0 aromatic rings. The maximum absolute atomic E-state index is 13.0. The zero-order valence-corrected chi connectivity index (χ0v) is 42.0. The van der Waals surface area contributed by atoms with Crippen molar-refractivity contribution in [3.63, 3.8) is 0 Å². The van der Waals surface area contributed by atoms with Crippen LogP contribution in [-0.4, -0.2) is 87.5 Å². The first-order chi connectivity index (χ1) is 31.8. The van der Waals surface area contributed by atoms with E-state index in [9.17, 15) is 30.3 Å². The van der Waals surface area contributed by atoms with Crippen molar-refractivity contribution in [2.24, 2.45) is 0 Å². The molecule has 1 amide bonds. The summed E-state index contributed by atoms with van der Waals surface area (Å²) >= 11 is 0. The van der Waals surface area contributed by atoms with Gasteiger partial charge in [-0.1, -0.05) is 217 Å². The maximum Gasteiger partial charge on any atom is 0.220 e. The Kier molecular flexibility index (Phi) is 43.2. The largest absolute Gasteiger partial charge is 0.394 e. The van der Waals surface area contributed by atoms with E-state index in [1.54, 1.807) is 6.08 Å². The maximum atomic E-state index is 13.0. The molecule has 0 saturated carbocycles. The summed E-state index contributed by atoms with van der Waals surface area (Å²) in [7, 11) is 0. The van der Waals surface area contributed by atoms with Gasteiger partial charge in [0.2, 0.25) is 5.91 Å². The molecule has 0 aromatic carbocycles. The Labute approximate surface area is 399 Å². The lowest BCUT2D eigenvalue weighted by Gasteiger charge is -2.40. The van der Waals surface area contributed by atoms with Crippen molar-refractivity contribution in [1.29, 1.82) is 0 Å². The van der Waals surface area contributed by atoms with Crippen LogP contribution in [0.3, 0.4) is 0 Å². The lowest BCUT2D eigenvalue weighted by molar-refractivity contribution is -0.302. The van der Waals surface area contributed by atoms with E-state index < -0.39 is 49.5 Å². The number of rotatable bonds is 46. The fraction of sp³-hybridized carbons (Fsp3) is 0.839. The van der Waals surface area contributed by atoms with Gasteiger partial charge in [0.1, 0.15) is 24.4 Å². The van der Waals surface area contributed by atoms with Crippen LogP contribution < -0.4 is 5.32 Å². The molecule has 1 fully saturated rings. The second-order valence-corrected chi connectivity index (χ2v) is 19.0. The van der Waals surface area contributed by atoms with Gasteiger partial charge < -0.3 is 40.3 Å². The Morgan fingerprint density at radius 1 is 0.508 bits per heavy atom. The average Bonchev–Trinajstić information content (AvgIpc) is 3.31. The molecule has 1 heterocycles. The summed E-state index contributed by atoms with van der Waals surface area (Å²) in [5.74, 6) is -0.194. The standard InChI is InChI=1S/C56H103NO8/c1-3-5-7-9-11-13-15-17-19-21-23-25-26-28-30-32-34-36-38-40-42-44-46-52(60)57-49(48-64-56-55(63)54(62)53(61)51(47-58)65-56)50(59)45-43-41-39-37-35-33-31-29-27-24-22-20-18-16-14-12-10-8-6-4-2/h26-29,35,37,43,45,49-51,53-56,58-59,61-63H,3-25,30-34,36,38-42,44,46-48H2,1-2H3,(H,57,60)/b28-26-,29-27+,37-35+,45-43+. The number of unbranched alkanes of at least 4 members (excludes halogenated alkanes) is 30. The lowest BCUT2D eigenvalue weighted by Crippen LogP contribution is -2.60. The van der Waals surface area contributed by atoms with E-state index in [0.29, 0.717) is 6.42 Å². The molecule has 7 atom stereocenters. The third kappa shape index (κ3) is 35.9. The molecular weight excluding hydrogens is 815 g/mol. The number of nitrogens with one attached hydrogen (secondary N) is 1. The Morgan fingerprint density at radius 3 is 1.29 bits per heavy atom. The highest BCUT2D eigenvalue weighted by atomic mass is 16.7. The van der Waals surface area contributed by atoms with E-state index in [1.807, 2.05) is 6.08 Å². The van der Waals surface area contributed by atoms with E-state index in [-0.39, 0.29) is 12.5 Å². The first-order valence-electron chi connectivity index (χ1n) is 27.4. The van der Waals surface area contributed by atoms with Crippen molar-refractivity contribution in [3.05, 3.63) is 48.6 Å². The molecule has 1 saturated heterocycles. The summed E-state index contributed by atoms with van der Waals surface area (Å²) < 4.78 is 11.2. The van der Waals surface area contributed by atoms with E-state index in [2.05, 4.69) is 55.6 Å². The fourth-order valence-corrected chi connectivity index (χ4v) is 8.48. The monoisotopic (exact) mass is 918 g/mol. The average molecular weight is 918 g/mol. The van der Waals surface area contributed by atoms with Crippen LogP contribution in [0.4, 0.5) is 0 Å². The molecule has 0 spiro atoms. The molecule has 0 bridgehead atoms. The Bertz CT molecular complexity index is 1160. The van der Waals surface area contributed by atoms with Gasteiger partial charge in [-0.3, -0.25) is 4.79 Å². The van der Waals surface area contributed by atoms with Gasteiger partial charge in [-0.2, -0.15) is 0 Å². The van der Waals surface area contributed by atoms with Crippen molar-refractivity contribution in [1.82, 2.24) is 5.32 Å². The molecule has 9 nitrogen and oxygen atoms in total. The molecular formula is C56H103NO8. The van der Waals surface area contributed by atoms with Crippen LogP contribution in [0.15, 0.2) is 48.6 Å². The Morgan fingerprint density at radius 2 is 0.877 bits per heavy atom. The second-order valence-electron chi connectivity index (χ2n) is 19.0. The highest BCUT2D eigenvalue weighted by Crippen LogP contribution is 2.23. The molecule has 0 radical (unpaired) electrons. The normalized spacial score (nSPS) is 20.3. The number of amides is 1. The summed E-state index contributed by atoms with van der Waals surface area (Å²) in [5, 5.41) is 54.4. The summed E-state index contributed by atoms with van der Waals surface area (Å²) in [4.78, 5) is 13.0. The number of allylic oxidation sites excluding steroid dienone is 7. The van der Waals surface area contributed by atoms with Crippen molar-refractivity contribution >= 4 is 5.91 Å². The number of carbonyl (C=O) groups excluding carboxylic acids is 1. The third-order valence-corrected chi connectivity index (χ3v) is 12.9. The van der Waals surface area contributed by atoms with Crippen molar-refractivity contribution in [2.75, 3.05) is 13.2 Å². The number of aliphatic hydroxyl groups is 5. The van der Waals surface area contributed by atoms with Gasteiger partial charge in [-0.25, -0.2) is 0 Å². The SMILES string of the molecule is CCCCCCCCCCCC/C=C/CC/C=C/CC/C=C/C(O)C(COC1OC(CO)C(O)C(O)C1O)NC(=O)CCCCCCCCC/C=C\CCCCCCCCCCCCC. The zero-order valence-electron chi connectivity index (χ0n) is 42.0. The fourth-order valence-electron chi connectivity index (χ4n) is 8.48. The second kappa shape index (κ2) is 45.9. The Hall–Kier alpha value is -1.85. The van der Waals surface area contributed by atoms with Gasteiger partial charge in [0.25, 0.3) is 0 Å². The number of ether oxygens (including phenoxy) is 2. The first-order valence-corrected chi connectivity index (χ1v) is 27.4. The van der Waals surface area contributed by atoms with Crippen LogP contribution in [0, 0.1) is 0 Å². The minimum absolute atomic E-state index is 0.194. The summed E-state index contributed by atoms with van der Waals surface area (Å²) in [6, 6.07) is -0.831. The molecule has 6 N–H and O–H groups in total. The number of hydrogen-bond donors (Lipinski definition) is 6. The molecule has 1 aliphatic rings. The summed E-state index contributed by atoms with van der Waals surface area (Å²) in [6.45, 7) is 3.77. The third-order valence-electron chi connectivity index (χ3n) is 12.9. The molecule has 1 aliphatic heterocycles. The summed E-state index contributed by atoms with van der Waals surface area (Å²) in [6.07, 6.45) is 53.1. The van der Waals surface area contributed by atoms with E-state index >= 15 is 0 Å². The first kappa shape index (κ1) is 61.2. The molecule has 9 heteroatoms. The highest BCUT2D eigenvalue weighted by molar-refractivity contribution is 5.76. The molecule has 1 rings (SSSR count). The van der Waals surface area contributed by atoms with Gasteiger partial charge in [-0.15, -0.1) is 0 Å². The van der Waals surface area contributed by atoms with Crippen molar-refractivity contribution in [2.45, 2.75) is 288 Å². The predicted molar refractivity (Wildman–Crippen MR) is 272 cm³/mol. The lowest BCUT2D eigenvalue weighted by atomic mass is 9.99. The van der Waals surface area contributed by atoms with E-state index in [4.69, 9.17) is 9.47 Å². The van der Waals surface area contributed by atoms with Gasteiger partial charge >= 0.3 is 0 Å². The van der Waals surface area contributed by atoms with Gasteiger partial charge in [0, 0.05) is 6.42 Å². The number of aliphatic hydroxyl groups excluding tert-OH is 5. The van der Waals surface area contributed by atoms with Crippen molar-refractivity contribution < 1.29 is 39.8 Å².